The molecule has 1 atom stereocenters. The van der Waals surface area contributed by atoms with Crippen molar-refractivity contribution in [2.45, 2.75) is 32.4 Å². The standard InChI is InChI=1S/C28H27N3O3/c1-2-3-17-31-27(20-13-15-21(16-14-20)34-18-19-9-5-4-6-10-19)24-25(29-30-26(24)28(31)33)22-11-7-8-12-23(22)32/h4-16,27,32H,2-3,17-18H2,1H3,(H,29,30)/t27-/m1/s1. The number of hydrogen-bond donors (Lipinski definition) is 2. The Balaban J connectivity index is 1.48. The smallest absolute Gasteiger partial charge is 0.273 e. The van der Waals surface area contributed by atoms with Gasteiger partial charge in [0.05, 0.1) is 6.04 Å². The van der Waals surface area contributed by atoms with Gasteiger partial charge in [-0.15, -0.1) is 0 Å². The summed E-state index contributed by atoms with van der Waals surface area (Å²) in [7, 11) is 0. The molecule has 0 saturated carbocycles. The van der Waals surface area contributed by atoms with E-state index in [0.717, 1.165) is 35.3 Å². The molecule has 1 amide bonds. The number of carbonyl (C=O) groups excluding carboxylic acids is 1. The van der Waals surface area contributed by atoms with Gasteiger partial charge in [0, 0.05) is 17.7 Å². The lowest BCUT2D eigenvalue weighted by Crippen LogP contribution is -2.30. The number of phenols is 1. The summed E-state index contributed by atoms with van der Waals surface area (Å²) in [4.78, 5) is 15.2. The maximum atomic E-state index is 13.3. The molecule has 172 valence electrons. The molecule has 3 aromatic carbocycles. The SMILES string of the molecule is CCCCN1C(=O)c2[nH]nc(-c3ccccc3O)c2[C@H]1c1ccc(OCc2ccccc2)cc1. The van der Waals surface area contributed by atoms with Gasteiger partial charge in [-0.1, -0.05) is 67.9 Å². The highest BCUT2D eigenvalue weighted by Gasteiger charge is 2.42. The van der Waals surface area contributed by atoms with Crippen molar-refractivity contribution < 1.29 is 14.6 Å². The quantitative estimate of drug-likeness (QED) is 0.358. The number of nitrogens with one attached hydrogen (secondary N) is 1. The number of aromatic hydroxyl groups is 1. The van der Waals surface area contributed by atoms with E-state index in [9.17, 15) is 9.90 Å². The van der Waals surface area contributed by atoms with Crippen LogP contribution in [0.2, 0.25) is 0 Å². The van der Waals surface area contributed by atoms with Gasteiger partial charge in [0.15, 0.2) is 0 Å². The Hall–Kier alpha value is -4.06. The Kier molecular flexibility index (Phi) is 6.04. The number of aromatic amines is 1. The number of rotatable bonds is 8. The first-order chi connectivity index (χ1) is 16.7. The minimum Gasteiger partial charge on any atom is -0.507 e. The van der Waals surface area contributed by atoms with E-state index in [-0.39, 0.29) is 17.7 Å². The lowest BCUT2D eigenvalue weighted by molar-refractivity contribution is 0.0741. The molecule has 6 heteroatoms. The molecule has 4 aromatic rings. The molecule has 0 saturated heterocycles. The van der Waals surface area contributed by atoms with E-state index >= 15 is 0 Å². The van der Waals surface area contributed by atoms with Crippen molar-refractivity contribution in [3.8, 4) is 22.8 Å². The summed E-state index contributed by atoms with van der Waals surface area (Å²) in [6.45, 7) is 3.26. The van der Waals surface area contributed by atoms with Crippen LogP contribution < -0.4 is 4.74 Å². The van der Waals surface area contributed by atoms with Crippen molar-refractivity contribution in [3.63, 3.8) is 0 Å². The third-order valence-corrected chi connectivity index (χ3v) is 6.22. The zero-order valence-corrected chi connectivity index (χ0v) is 19.1. The third-order valence-electron chi connectivity index (χ3n) is 6.22. The summed E-state index contributed by atoms with van der Waals surface area (Å²) in [6, 6.07) is 24.7. The van der Waals surface area contributed by atoms with Crippen LogP contribution in [0.1, 0.15) is 53.0 Å². The molecule has 1 aliphatic rings. The highest BCUT2D eigenvalue weighted by atomic mass is 16.5. The molecule has 2 N–H and O–H groups in total. The van der Waals surface area contributed by atoms with Gasteiger partial charge in [0.25, 0.3) is 5.91 Å². The van der Waals surface area contributed by atoms with Crippen molar-refractivity contribution >= 4 is 5.91 Å². The Morgan fingerprint density at radius 1 is 1.00 bits per heavy atom. The molecule has 0 radical (unpaired) electrons. The van der Waals surface area contributed by atoms with Crippen LogP contribution in [0, 0.1) is 0 Å². The number of carbonyl (C=O) groups is 1. The molecular weight excluding hydrogens is 426 g/mol. The number of aromatic nitrogens is 2. The lowest BCUT2D eigenvalue weighted by atomic mass is 9.95. The van der Waals surface area contributed by atoms with E-state index in [1.165, 1.54) is 0 Å². The molecule has 2 heterocycles. The van der Waals surface area contributed by atoms with Crippen LogP contribution in [0.25, 0.3) is 11.3 Å². The van der Waals surface area contributed by atoms with Crippen LogP contribution in [0.5, 0.6) is 11.5 Å². The maximum Gasteiger partial charge on any atom is 0.273 e. The molecule has 0 bridgehead atoms. The van der Waals surface area contributed by atoms with Crippen molar-refractivity contribution in [1.82, 2.24) is 15.1 Å². The molecule has 34 heavy (non-hydrogen) atoms. The van der Waals surface area contributed by atoms with Gasteiger partial charge in [-0.25, -0.2) is 0 Å². The second-order valence-corrected chi connectivity index (χ2v) is 8.48. The van der Waals surface area contributed by atoms with E-state index in [4.69, 9.17) is 4.74 Å². The topological polar surface area (TPSA) is 78.5 Å². The average Bonchev–Trinajstić information content (AvgIpc) is 3.41. The zero-order chi connectivity index (χ0) is 23.5. The van der Waals surface area contributed by atoms with E-state index in [1.54, 1.807) is 12.1 Å². The van der Waals surface area contributed by atoms with E-state index in [1.807, 2.05) is 71.6 Å². The second kappa shape index (κ2) is 9.43. The third kappa shape index (κ3) is 4.03. The predicted octanol–water partition coefficient (Wildman–Crippen LogP) is 5.71. The van der Waals surface area contributed by atoms with Gasteiger partial charge in [-0.2, -0.15) is 5.10 Å². The van der Waals surface area contributed by atoms with Crippen LogP contribution >= 0.6 is 0 Å². The number of nitrogens with zero attached hydrogens (tertiary/aromatic N) is 2. The second-order valence-electron chi connectivity index (χ2n) is 8.48. The summed E-state index contributed by atoms with van der Waals surface area (Å²) >= 11 is 0. The highest BCUT2D eigenvalue weighted by molar-refractivity contribution is 6.00. The fraction of sp³-hybridized carbons (Fsp3) is 0.214. The number of phenolic OH excluding ortho intramolecular Hbond substituents is 1. The Bertz CT molecular complexity index is 1280. The molecule has 6 nitrogen and oxygen atoms in total. The summed E-state index contributed by atoms with van der Waals surface area (Å²) in [5.74, 6) is 0.845. The fourth-order valence-corrected chi connectivity index (χ4v) is 4.47. The first-order valence-electron chi connectivity index (χ1n) is 11.6. The summed E-state index contributed by atoms with van der Waals surface area (Å²) in [6.07, 6.45) is 1.89. The van der Waals surface area contributed by atoms with Crippen LogP contribution in [-0.2, 0) is 6.61 Å². The van der Waals surface area contributed by atoms with Gasteiger partial charge in [-0.3, -0.25) is 9.89 Å². The van der Waals surface area contributed by atoms with Gasteiger partial charge < -0.3 is 14.7 Å². The summed E-state index contributed by atoms with van der Waals surface area (Å²) in [5.41, 5.74) is 4.60. The predicted molar refractivity (Wildman–Crippen MR) is 131 cm³/mol. The molecule has 1 aliphatic heterocycles. The Morgan fingerprint density at radius 3 is 2.47 bits per heavy atom. The number of hydrogen-bond acceptors (Lipinski definition) is 4. The maximum absolute atomic E-state index is 13.3. The first-order valence-corrected chi connectivity index (χ1v) is 11.6. The first kappa shape index (κ1) is 21.8. The van der Waals surface area contributed by atoms with Crippen molar-refractivity contribution in [3.05, 3.63) is 101 Å². The van der Waals surface area contributed by atoms with Gasteiger partial charge in [0.1, 0.15) is 29.5 Å². The molecule has 0 spiro atoms. The molecule has 0 fully saturated rings. The van der Waals surface area contributed by atoms with Crippen molar-refractivity contribution in [2.75, 3.05) is 6.54 Å². The number of H-pyrrole nitrogens is 1. The highest BCUT2D eigenvalue weighted by Crippen LogP contribution is 2.44. The summed E-state index contributed by atoms with van der Waals surface area (Å²) in [5, 5.41) is 17.8. The molecule has 1 aromatic heterocycles. The van der Waals surface area contributed by atoms with Crippen LogP contribution in [-0.4, -0.2) is 32.7 Å². The molecule has 5 rings (SSSR count). The van der Waals surface area contributed by atoms with Gasteiger partial charge in [-0.05, 0) is 41.8 Å². The number of benzene rings is 3. The van der Waals surface area contributed by atoms with Crippen molar-refractivity contribution in [1.29, 1.82) is 0 Å². The lowest BCUT2D eigenvalue weighted by Gasteiger charge is -2.26. The van der Waals surface area contributed by atoms with Crippen LogP contribution in [0.15, 0.2) is 78.9 Å². The minimum absolute atomic E-state index is 0.0629. The van der Waals surface area contributed by atoms with Crippen LogP contribution in [0.3, 0.4) is 0 Å². The molecular formula is C28H27N3O3. The number of unbranched alkanes of at least 4 members (excludes halogenated alkanes) is 1. The van der Waals surface area contributed by atoms with Gasteiger partial charge in [0.2, 0.25) is 0 Å². The average molecular weight is 454 g/mol. The van der Waals surface area contributed by atoms with E-state index in [2.05, 4.69) is 17.1 Å². The van der Waals surface area contributed by atoms with Gasteiger partial charge >= 0.3 is 0 Å². The monoisotopic (exact) mass is 453 g/mol. The number of para-hydroxylation sites is 1. The Morgan fingerprint density at radius 2 is 1.74 bits per heavy atom. The normalized spacial score (nSPS) is 14.9. The van der Waals surface area contributed by atoms with E-state index < -0.39 is 0 Å². The minimum atomic E-state index is -0.287. The fourth-order valence-electron chi connectivity index (χ4n) is 4.47. The number of ether oxygens (including phenoxy) is 1. The van der Waals surface area contributed by atoms with Crippen molar-refractivity contribution in [2.24, 2.45) is 0 Å². The largest absolute Gasteiger partial charge is 0.507 e. The number of amides is 1. The van der Waals surface area contributed by atoms with Crippen LogP contribution in [0.4, 0.5) is 0 Å². The molecule has 0 unspecified atom stereocenters. The zero-order valence-electron chi connectivity index (χ0n) is 19.1. The molecule has 0 aliphatic carbocycles. The van der Waals surface area contributed by atoms with E-state index in [0.29, 0.717) is 30.1 Å². The number of fused-ring (bicyclic) bond motifs is 1. The summed E-state index contributed by atoms with van der Waals surface area (Å²) < 4.78 is 5.95. The Labute approximate surface area is 198 Å².